The van der Waals surface area contributed by atoms with Crippen LogP contribution in [-0.4, -0.2) is 22.7 Å². The van der Waals surface area contributed by atoms with E-state index in [1.807, 2.05) is 13.1 Å². The molecule has 3 unspecified atom stereocenters. The molecule has 1 aliphatic carbocycles. The van der Waals surface area contributed by atoms with E-state index in [0.717, 1.165) is 28.5 Å². The molecule has 0 radical (unpaired) electrons. The highest BCUT2D eigenvalue weighted by atomic mass is 32.1. The average molecular weight is 252 g/mol. The molecule has 94 valence electrons. The molecule has 3 rings (SSSR count). The van der Waals surface area contributed by atoms with Crippen LogP contribution in [0.5, 0.6) is 0 Å². The van der Waals surface area contributed by atoms with Crippen molar-refractivity contribution in [3.05, 3.63) is 11.1 Å². The van der Waals surface area contributed by atoms with Gasteiger partial charge >= 0.3 is 0 Å². The first kappa shape index (κ1) is 11.5. The van der Waals surface area contributed by atoms with Gasteiger partial charge in [-0.2, -0.15) is 0 Å². The van der Waals surface area contributed by atoms with Crippen LogP contribution in [0.15, 0.2) is 6.20 Å². The number of anilines is 1. The molecule has 2 fully saturated rings. The summed E-state index contributed by atoms with van der Waals surface area (Å²) in [5.41, 5.74) is 0. The third-order valence-electron chi connectivity index (χ3n) is 4.16. The predicted octanol–water partition coefficient (Wildman–Crippen LogP) is 2.97. The Balaban J connectivity index is 1.81. The van der Waals surface area contributed by atoms with Gasteiger partial charge in [-0.05, 0) is 38.5 Å². The molecule has 1 aromatic heterocycles. The van der Waals surface area contributed by atoms with Crippen LogP contribution in [0.4, 0.5) is 5.13 Å². The molecular weight excluding hydrogens is 232 g/mol. The van der Waals surface area contributed by atoms with E-state index in [2.05, 4.69) is 9.88 Å². The molecule has 0 amide bonds. The number of piperidine rings is 1. The van der Waals surface area contributed by atoms with E-state index in [1.54, 1.807) is 11.3 Å². The molecule has 3 nitrogen and oxygen atoms in total. The Bertz CT molecular complexity index is 391. The number of aliphatic hydroxyl groups is 1. The summed E-state index contributed by atoms with van der Waals surface area (Å²) in [5.74, 6) is 0.891. The van der Waals surface area contributed by atoms with Crippen LogP contribution >= 0.6 is 11.3 Å². The standard InChI is InChI=1S/C13H20N2OS/c1-9(16)12-8-14-13(17-12)15-7-3-5-10-4-2-6-11(10)15/h8-11,16H,2-7H2,1H3. The van der Waals surface area contributed by atoms with E-state index in [4.69, 9.17) is 0 Å². The summed E-state index contributed by atoms with van der Waals surface area (Å²) in [5, 5.41) is 10.7. The van der Waals surface area contributed by atoms with Gasteiger partial charge in [0, 0.05) is 18.8 Å². The van der Waals surface area contributed by atoms with Gasteiger partial charge in [0.15, 0.2) is 5.13 Å². The normalized spacial score (nSPS) is 30.4. The fourth-order valence-corrected chi connectivity index (χ4v) is 4.23. The first-order valence-corrected chi connectivity index (χ1v) is 7.48. The van der Waals surface area contributed by atoms with E-state index >= 15 is 0 Å². The summed E-state index contributed by atoms with van der Waals surface area (Å²) >= 11 is 1.66. The lowest BCUT2D eigenvalue weighted by Crippen LogP contribution is -2.42. The zero-order valence-electron chi connectivity index (χ0n) is 10.3. The number of thiazole rings is 1. The van der Waals surface area contributed by atoms with Crippen molar-refractivity contribution < 1.29 is 5.11 Å². The molecule has 1 saturated heterocycles. The summed E-state index contributed by atoms with van der Waals surface area (Å²) in [6.07, 6.45) is 8.25. The van der Waals surface area contributed by atoms with Crippen LogP contribution in [0.1, 0.15) is 50.0 Å². The number of nitrogens with zero attached hydrogens (tertiary/aromatic N) is 2. The van der Waals surface area contributed by atoms with Crippen molar-refractivity contribution in [3.8, 4) is 0 Å². The van der Waals surface area contributed by atoms with Crippen molar-refractivity contribution in [2.45, 2.75) is 51.2 Å². The van der Waals surface area contributed by atoms with Gasteiger partial charge in [-0.15, -0.1) is 0 Å². The summed E-state index contributed by atoms with van der Waals surface area (Å²) in [7, 11) is 0. The van der Waals surface area contributed by atoms with Gasteiger partial charge in [0.2, 0.25) is 0 Å². The molecule has 2 heterocycles. The Labute approximate surface area is 106 Å². The Hall–Kier alpha value is -0.610. The minimum Gasteiger partial charge on any atom is -0.388 e. The molecule has 0 bridgehead atoms. The molecule has 1 aliphatic heterocycles. The van der Waals surface area contributed by atoms with Gasteiger partial charge in [0.25, 0.3) is 0 Å². The third kappa shape index (κ3) is 2.08. The fourth-order valence-electron chi connectivity index (χ4n) is 3.29. The molecule has 1 saturated carbocycles. The molecule has 17 heavy (non-hydrogen) atoms. The first-order valence-electron chi connectivity index (χ1n) is 6.66. The quantitative estimate of drug-likeness (QED) is 0.879. The molecule has 0 aromatic carbocycles. The highest BCUT2D eigenvalue weighted by Crippen LogP contribution is 2.40. The van der Waals surface area contributed by atoms with Gasteiger partial charge in [-0.3, -0.25) is 0 Å². The van der Waals surface area contributed by atoms with E-state index in [-0.39, 0.29) is 6.10 Å². The zero-order valence-corrected chi connectivity index (χ0v) is 11.1. The van der Waals surface area contributed by atoms with E-state index < -0.39 is 0 Å². The van der Waals surface area contributed by atoms with Gasteiger partial charge in [-0.1, -0.05) is 17.8 Å². The van der Waals surface area contributed by atoms with Crippen LogP contribution in [0.2, 0.25) is 0 Å². The van der Waals surface area contributed by atoms with Gasteiger partial charge < -0.3 is 10.0 Å². The lowest BCUT2D eigenvalue weighted by Gasteiger charge is -2.37. The Morgan fingerprint density at radius 3 is 3.00 bits per heavy atom. The maximum absolute atomic E-state index is 9.57. The lowest BCUT2D eigenvalue weighted by atomic mass is 9.92. The van der Waals surface area contributed by atoms with Gasteiger partial charge in [0.1, 0.15) is 0 Å². The second kappa shape index (κ2) is 4.58. The Kier molecular flexibility index (Phi) is 3.09. The molecule has 1 aromatic rings. The smallest absolute Gasteiger partial charge is 0.185 e. The van der Waals surface area contributed by atoms with Crippen LogP contribution in [0.3, 0.4) is 0 Å². The minimum atomic E-state index is -0.384. The third-order valence-corrected chi connectivity index (χ3v) is 5.37. The Morgan fingerprint density at radius 1 is 1.41 bits per heavy atom. The maximum Gasteiger partial charge on any atom is 0.185 e. The Morgan fingerprint density at radius 2 is 2.24 bits per heavy atom. The summed E-state index contributed by atoms with van der Waals surface area (Å²) in [4.78, 5) is 7.99. The van der Waals surface area contributed by atoms with Crippen molar-refractivity contribution in [1.82, 2.24) is 4.98 Å². The summed E-state index contributed by atoms with van der Waals surface area (Å²) in [6.45, 7) is 2.96. The largest absolute Gasteiger partial charge is 0.388 e. The number of rotatable bonds is 2. The number of hydrogen-bond donors (Lipinski definition) is 1. The topological polar surface area (TPSA) is 36.4 Å². The summed E-state index contributed by atoms with van der Waals surface area (Å²) in [6, 6.07) is 0.719. The van der Waals surface area contributed by atoms with Crippen molar-refractivity contribution >= 4 is 16.5 Å². The summed E-state index contributed by atoms with van der Waals surface area (Å²) < 4.78 is 0. The maximum atomic E-state index is 9.57. The van der Waals surface area contributed by atoms with Gasteiger partial charge in [-0.25, -0.2) is 4.98 Å². The van der Waals surface area contributed by atoms with Crippen LogP contribution < -0.4 is 4.90 Å². The number of aromatic nitrogens is 1. The lowest BCUT2D eigenvalue weighted by molar-refractivity contribution is 0.203. The van der Waals surface area contributed by atoms with Gasteiger partial charge in [0.05, 0.1) is 11.0 Å². The average Bonchev–Trinajstić information content (AvgIpc) is 2.97. The number of hydrogen-bond acceptors (Lipinski definition) is 4. The second-order valence-corrected chi connectivity index (χ2v) is 6.36. The van der Waals surface area contributed by atoms with Crippen molar-refractivity contribution in [3.63, 3.8) is 0 Å². The van der Waals surface area contributed by atoms with Crippen LogP contribution in [-0.2, 0) is 0 Å². The SMILES string of the molecule is CC(O)c1cnc(N2CCCC3CCCC32)s1. The molecule has 2 aliphatic rings. The minimum absolute atomic E-state index is 0.384. The van der Waals surface area contributed by atoms with Crippen molar-refractivity contribution in [1.29, 1.82) is 0 Å². The molecule has 1 N–H and O–H groups in total. The second-order valence-electron chi connectivity index (χ2n) is 5.32. The van der Waals surface area contributed by atoms with Crippen LogP contribution in [0, 0.1) is 5.92 Å². The molecular formula is C13H20N2OS. The first-order chi connectivity index (χ1) is 8.25. The van der Waals surface area contributed by atoms with E-state index in [1.165, 1.54) is 32.1 Å². The van der Waals surface area contributed by atoms with E-state index in [9.17, 15) is 5.11 Å². The molecule has 3 atom stereocenters. The molecule has 4 heteroatoms. The number of fused-ring (bicyclic) bond motifs is 1. The van der Waals surface area contributed by atoms with E-state index in [0.29, 0.717) is 0 Å². The molecule has 0 spiro atoms. The zero-order chi connectivity index (χ0) is 11.8. The fraction of sp³-hybridized carbons (Fsp3) is 0.769. The van der Waals surface area contributed by atoms with Crippen LogP contribution in [0.25, 0.3) is 0 Å². The van der Waals surface area contributed by atoms with Crippen molar-refractivity contribution in [2.24, 2.45) is 5.92 Å². The highest BCUT2D eigenvalue weighted by Gasteiger charge is 2.36. The highest BCUT2D eigenvalue weighted by molar-refractivity contribution is 7.15. The van der Waals surface area contributed by atoms with Crippen molar-refractivity contribution in [2.75, 3.05) is 11.4 Å². The monoisotopic (exact) mass is 252 g/mol. The number of aliphatic hydroxyl groups excluding tert-OH is 1. The predicted molar refractivity (Wildman–Crippen MR) is 70.5 cm³/mol.